The number of nitrogens with one attached hydrogen (secondary N) is 1. The smallest absolute Gasteiger partial charge is 0.325 e. The molecule has 0 atom stereocenters. The summed E-state index contributed by atoms with van der Waals surface area (Å²) in [5.41, 5.74) is 0. The number of benzene rings is 2. The summed E-state index contributed by atoms with van der Waals surface area (Å²) in [6, 6.07) is 13.9. The first kappa shape index (κ1) is 19.9. The average molecular weight is 398 g/mol. The molecule has 0 aliphatic heterocycles. The molecule has 0 fully saturated rings. The number of rotatable bonds is 9. The Kier molecular flexibility index (Phi) is 8.05. The highest BCUT2D eigenvalue weighted by Gasteiger charge is 2.09. The predicted octanol–water partition coefficient (Wildman–Crippen LogP) is 3.11. The molecule has 0 heterocycles. The number of para-hydroxylation sites is 2. The van der Waals surface area contributed by atoms with Gasteiger partial charge in [-0.2, -0.15) is 0 Å². The zero-order valence-corrected chi connectivity index (χ0v) is 15.3. The molecule has 8 heteroatoms. The number of ether oxygens (including phenoxy) is 3. The van der Waals surface area contributed by atoms with E-state index < -0.39 is 11.9 Å². The summed E-state index contributed by atoms with van der Waals surface area (Å²) in [6.07, 6.45) is 0. The molecule has 2 rings (SSSR count). The molecule has 138 valence electrons. The average Bonchev–Trinajstić information content (AvgIpc) is 2.64. The number of esters is 1. The fourth-order valence-corrected chi connectivity index (χ4v) is 2.36. The van der Waals surface area contributed by atoms with Crippen molar-refractivity contribution in [2.24, 2.45) is 0 Å². The lowest BCUT2D eigenvalue weighted by Gasteiger charge is -2.10. The van der Waals surface area contributed by atoms with Crippen LogP contribution in [0.4, 0.5) is 0 Å². The third-order valence-corrected chi connectivity index (χ3v) is 3.65. The molecule has 0 saturated heterocycles. The fourth-order valence-electron chi connectivity index (χ4n) is 1.86. The summed E-state index contributed by atoms with van der Waals surface area (Å²) in [7, 11) is 0. The van der Waals surface area contributed by atoms with Gasteiger partial charge in [0.25, 0.3) is 5.91 Å². The number of halogens is 2. The zero-order chi connectivity index (χ0) is 18.8. The zero-order valence-electron chi connectivity index (χ0n) is 13.7. The minimum atomic E-state index is -0.591. The molecule has 0 aromatic heterocycles. The number of carbonyl (C=O) groups is 2. The van der Waals surface area contributed by atoms with Crippen LogP contribution < -0.4 is 14.8 Å². The van der Waals surface area contributed by atoms with Crippen LogP contribution in [-0.4, -0.2) is 38.2 Å². The van der Waals surface area contributed by atoms with E-state index in [0.29, 0.717) is 21.5 Å². The molecule has 2 aromatic rings. The molecule has 0 aliphatic rings. The van der Waals surface area contributed by atoms with Gasteiger partial charge in [-0.05, 0) is 24.3 Å². The van der Waals surface area contributed by atoms with Crippen molar-refractivity contribution in [2.75, 3.05) is 26.4 Å². The first-order valence-electron chi connectivity index (χ1n) is 7.73. The second-order valence-electron chi connectivity index (χ2n) is 5.00. The number of hydrogen-bond donors (Lipinski definition) is 1. The van der Waals surface area contributed by atoms with Crippen molar-refractivity contribution in [2.45, 2.75) is 0 Å². The molecule has 2 aromatic carbocycles. The maximum absolute atomic E-state index is 11.6. The lowest BCUT2D eigenvalue weighted by molar-refractivity contribution is -0.144. The monoisotopic (exact) mass is 397 g/mol. The van der Waals surface area contributed by atoms with Crippen LogP contribution in [0.3, 0.4) is 0 Å². The van der Waals surface area contributed by atoms with Gasteiger partial charge in [0, 0.05) is 0 Å². The highest BCUT2D eigenvalue weighted by molar-refractivity contribution is 6.37. The van der Waals surface area contributed by atoms with E-state index in [2.05, 4.69) is 5.32 Å². The van der Waals surface area contributed by atoms with E-state index in [1.807, 2.05) is 6.07 Å². The van der Waals surface area contributed by atoms with Crippen molar-refractivity contribution in [3.63, 3.8) is 0 Å². The van der Waals surface area contributed by atoms with Crippen LogP contribution in [0.1, 0.15) is 0 Å². The second-order valence-corrected chi connectivity index (χ2v) is 5.81. The number of carbonyl (C=O) groups excluding carboxylic acids is 2. The molecule has 0 bridgehead atoms. The van der Waals surface area contributed by atoms with Gasteiger partial charge in [-0.1, -0.05) is 47.5 Å². The van der Waals surface area contributed by atoms with Gasteiger partial charge in [0.2, 0.25) is 0 Å². The summed E-state index contributed by atoms with van der Waals surface area (Å²) in [4.78, 5) is 23.2. The molecule has 0 aliphatic carbocycles. The lowest BCUT2D eigenvalue weighted by Crippen LogP contribution is -2.34. The summed E-state index contributed by atoms with van der Waals surface area (Å²) in [5.74, 6) is -0.115. The molecular formula is C18H17Cl2NO5. The van der Waals surface area contributed by atoms with E-state index in [1.165, 1.54) is 0 Å². The summed E-state index contributed by atoms with van der Waals surface area (Å²) >= 11 is 11.9. The van der Waals surface area contributed by atoms with Crippen molar-refractivity contribution in [3.05, 3.63) is 58.6 Å². The maximum atomic E-state index is 11.6. The molecule has 6 nitrogen and oxygen atoms in total. The van der Waals surface area contributed by atoms with Crippen molar-refractivity contribution in [1.82, 2.24) is 5.32 Å². The Labute approximate surface area is 160 Å². The van der Waals surface area contributed by atoms with Crippen LogP contribution in [0.15, 0.2) is 48.5 Å². The van der Waals surface area contributed by atoms with Crippen molar-refractivity contribution in [1.29, 1.82) is 0 Å². The topological polar surface area (TPSA) is 73.9 Å². The first-order chi connectivity index (χ1) is 12.6. The van der Waals surface area contributed by atoms with Gasteiger partial charge in [-0.15, -0.1) is 0 Å². The molecule has 0 unspecified atom stereocenters. The van der Waals surface area contributed by atoms with Gasteiger partial charge in [0.1, 0.15) is 25.5 Å². The minimum Gasteiger partial charge on any atom is -0.487 e. The van der Waals surface area contributed by atoms with E-state index in [0.717, 1.165) is 0 Å². The Morgan fingerprint density at radius 2 is 1.58 bits per heavy atom. The van der Waals surface area contributed by atoms with Crippen LogP contribution in [0.25, 0.3) is 0 Å². The highest BCUT2D eigenvalue weighted by Crippen LogP contribution is 2.32. The van der Waals surface area contributed by atoms with Crippen LogP contribution in [-0.2, 0) is 14.3 Å². The highest BCUT2D eigenvalue weighted by atomic mass is 35.5. The number of hydrogen-bond acceptors (Lipinski definition) is 5. The molecule has 1 amide bonds. The van der Waals surface area contributed by atoms with Gasteiger partial charge >= 0.3 is 5.97 Å². The third-order valence-electron chi connectivity index (χ3n) is 3.05. The van der Waals surface area contributed by atoms with E-state index in [1.54, 1.807) is 42.5 Å². The molecule has 1 N–H and O–H groups in total. The quantitative estimate of drug-likeness (QED) is 0.519. The first-order valence-corrected chi connectivity index (χ1v) is 8.49. The maximum Gasteiger partial charge on any atom is 0.325 e. The predicted molar refractivity (Wildman–Crippen MR) is 97.9 cm³/mol. The fraction of sp³-hybridized carbons (Fsp3) is 0.222. The molecule has 0 saturated carbocycles. The largest absolute Gasteiger partial charge is 0.487 e. The lowest BCUT2D eigenvalue weighted by atomic mass is 10.3. The summed E-state index contributed by atoms with van der Waals surface area (Å²) in [6.45, 7) is -0.369. The van der Waals surface area contributed by atoms with Crippen LogP contribution >= 0.6 is 23.2 Å². The Morgan fingerprint density at radius 1 is 0.885 bits per heavy atom. The normalized spacial score (nSPS) is 10.1. The summed E-state index contributed by atoms with van der Waals surface area (Å²) in [5, 5.41) is 3.15. The van der Waals surface area contributed by atoms with E-state index in [9.17, 15) is 9.59 Å². The van der Waals surface area contributed by atoms with E-state index >= 15 is 0 Å². The van der Waals surface area contributed by atoms with Crippen molar-refractivity contribution < 1.29 is 23.8 Å². The van der Waals surface area contributed by atoms with E-state index in [-0.39, 0.29) is 26.4 Å². The molecule has 0 radical (unpaired) electrons. The standard InChI is InChI=1S/C18H17Cl2NO5/c19-14-7-4-8-15(20)18(14)25-10-9-24-17(23)11-21-16(22)12-26-13-5-2-1-3-6-13/h1-8H,9-12H2,(H,21,22). The van der Waals surface area contributed by atoms with Crippen molar-refractivity contribution in [3.8, 4) is 11.5 Å². The Morgan fingerprint density at radius 3 is 2.27 bits per heavy atom. The molecule has 26 heavy (non-hydrogen) atoms. The second kappa shape index (κ2) is 10.5. The van der Waals surface area contributed by atoms with Gasteiger partial charge < -0.3 is 19.5 Å². The van der Waals surface area contributed by atoms with E-state index in [4.69, 9.17) is 37.4 Å². The van der Waals surface area contributed by atoms with Gasteiger partial charge in [0.15, 0.2) is 12.4 Å². The SMILES string of the molecule is O=C(COc1ccccc1)NCC(=O)OCCOc1c(Cl)cccc1Cl. The Bertz CT molecular complexity index is 719. The molecular weight excluding hydrogens is 381 g/mol. The van der Waals surface area contributed by atoms with Crippen LogP contribution in [0.2, 0.25) is 10.0 Å². The van der Waals surface area contributed by atoms with Crippen molar-refractivity contribution >= 4 is 35.1 Å². The van der Waals surface area contributed by atoms with Gasteiger partial charge in [-0.25, -0.2) is 0 Å². The Hall–Kier alpha value is -2.44. The molecule has 0 spiro atoms. The van der Waals surface area contributed by atoms with Gasteiger partial charge in [0.05, 0.1) is 10.0 Å². The van der Waals surface area contributed by atoms with Gasteiger partial charge in [-0.3, -0.25) is 9.59 Å². The van der Waals surface area contributed by atoms with Crippen LogP contribution in [0.5, 0.6) is 11.5 Å². The Balaban J connectivity index is 1.59. The third kappa shape index (κ3) is 6.82. The number of amides is 1. The summed E-state index contributed by atoms with van der Waals surface area (Å²) < 4.78 is 15.6. The minimum absolute atomic E-state index is 0.00320. The van der Waals surface area contributed by atoms with Crippen LogP contribution in [0, 0.1) is 0 Å².